The van der Waals surface area contributed by atoms with Gasteiger partial charge in [0, 0.05) is 6.42 Å². The van der Waals surface area contributed by atoms with Crippen LogP contribution in [0.2, 0.25) is 0 Å². The molecule has 2 aromatic rings. The van der Waals surface area contributed by atoms with Crippen LogP contribution in [0, 0.1) is 5.92 Å². The van der Waals surface area contributed by atoms with Crippen molar-refractivity contribution in [1.82, 2.24) is 21.0 Å². The Bertz CT molecular complexity index is 1170. The van der Waals surface area contributed by atoms with E-state index in [1.165, 1.54) is 19.1 Å². The second-order valence-electron chi connectivity index (χ2n) is 10.1. The number of hydrogen-bond acceptors (Lipinski definition) is 8. The van der Waals surface area contributed by atoms with Crippen LogP contribution in [0.25, 0.3) is 0 Å². The molecule has 8 N–H and O–H groups in total. The molecular formula is C27H39N5NaO7P. The van der Waals surface area contributed by atoms with E-state index in [-0.39, 0.29) is 60.5 Å². The Morgan fingerprint density at radius 3 is 2.10 bits per heavy atom. The number of amides is 2. The topological polar surface area (TPSA) is 206 Å². The third-order valence-electron chi connectivity index (χ3n) is 5.98. The van der Waals surface area contributed by atoms with Gasteiger partial charge in [0.25, 0.3) is 0 Å². The number of aliphatic carboxylic acids is 1. The number of nitrogens with one attached hydrogen (secondary N) is 4. The monoisotopic (exact) mass is 599 g/mol. The normalized spacial score (nSPS) is 15.5. The molecule has 2 rings (SSSR count). The summed E-state index contributed by atoms with van der Waals surface area (Å²) in [6, 6.07) is 12.1. The van der Waals surface area contributed by atoms with Crippen LogP contribution in [0.5, 0.6) is 5.75 Å². The maximum atomic E-state index is 12.9. The number of carbonyl (C=O) groups is 3. The number of benzene rings is 2. The van der Waals surface area contributed by atoms with Crippen molar-refractivity contribution in [2.75, 3.05) is 6.29 Å². The van der Waals surface area contributed by atoms with Crippen LogP contribution in [0.4, 0.5) is 0 Å². The van der Waals surface area contributed by atoms with Gasteiger partial charge in [0.2, 0.25) is 11.8 Å². The summed E-state index contributed by atoms with van der Waals surface area (Å²) in [5, 5.41) is 29.1. The Morgan fingerprint density at radius 1 is 0.951 bits per heavy atom. The van der Waals surface area contributed by atoms with Crippen LogP contribution in [-0.2, 0) is 31.8 Å². The molecule has 14 heteroatoms. The van der Waals surface area contributed by atoms with E-state index in [2.05, 4.69) is 21.0 Å². The summed E-state index contributed by atoms with van der Waals surface area (Å²) in [4.78, 5) is 49.6. The molecule has 5 atom stereocenters. The average Bonchev–Trinajstić information content (AvgIpc) is 2.88. The van der Waals surface area contributed by atoms with E-state index in [9.17, 15) is 34.1 Å². The predicted octanol–water partition coefficient (Wildman–Crippen LogP) is -2.35. The minimum Gasteiger partial charge on any atom is -0.787 e. The number of nitrogens with two attached hydrogens (primary N) is 1. The number of carboxylic acid groups (broad SMARTS) is 1. The van der Waals surface area contributed by atoms with E-state index in [4.69, 9.17) is 5.73 Å². The van der Waals surface area contributed by atoms with Crippen LogP contribution in [0.3, 0.4) is 0 Å². The predicted molar refractivity (Wildman–Crippen MR) is 149 cm³/mol. The van der Waals surface area contributed by atoms with E-state index in [0.29, 0.717) is 5.56 Å². The number of rotatable bonds is 16. The maximum Gasteiger partial charge on any atom is 1.00 e. The van der Waals surface area contributed by atoms with Crippen molar-refractivity contribution in [1.29, 1.82) is 0 Å². The van der Waals surface area contributed by atoms with Gasteiger partial charge in [0.1, 0.15) is 17.8 Å². The molecule has 0 spiro atoms. The fourth-order valence-electron chi connectivity index (χ4n) is 3.93. The maximum absolute atomic E-state index is 12.9. The molecule has 12 nitrogen and oxygen atoms in total. The first kappa shape index (κ1) is 36.7. The van der Waals surface area contributed by atoms with E-state index >= 15 is 0 Å². The Balaban J connectivity index is 0.00000840. The van der Waals surface area contributed by atoms with Crippen molar-refractivity contribution in [2.45, 2.75) is 64.3 Å². The molecule has 0 fully saturated rings. The van der Waals surface area contributed by atoms with Gasteiger partial charge in [-0.05, 0) is 48.9 Å². The first-order valence-electron chi connectivity index (χ1n) is 13.0. The Labute approximate surface area is 262 Å². The summed E-state index contributed by atoms with van der Waals surface area (Å²) < 4.78 is 12.9. The summed E-state index contributed by atoms with van der Waals surface area (Å²) in [5.41, 5.74) is 7.43. The van der Waals surface area contributed by atoms with Crippen molar-refractivity contribution in [2.24, 2.45) is 11.7 Å². The second-order valence-corrected chi connectivity index (χ2v) is 12.1. The molecule has 0 saturated heterocycles. The van der Waals surface area contributed by atoms with Gasteiger partial charge in [-0.3, -0.25) is 24.8 Å². The largest absolute Gasteiger partial charge is 1.00 e. The molecule has 220 valence electrons. The van der Waals surface area contributed by atoms with Crippen molar-refractivity contribution >= 4 is 25.3 Å². The molecule has 4 unspecified atom stereocenters. The van der Waals surface area contributed by atoms with Crippen molar-refractivity contribution < 1.29 is 63.6 Å². The van der Waals surface area contributed by atoms with Gasteiger partial charge in [-0.15, -0.1) is 0 Å². The minimum absolute atomic E-state index is 0. The number of hydrogen-bond donors (Lipinski definition) is 7. The Morgan fingerprint density at radius 2 is 1.54 bits per heavy atom. The quantitative estimate of drug-likeness (QED) is 0.0621. The first-order chi connectivity index (χ1) is 18.8. The fourth-order valence-corrected chi connectivity index (χ4v) is 5.02. The second kappa shape index (κ2) is 17.6. The zero-order chi connectivity index (χ0) is 29.9. The zero-order valence-electron chi connectivity index (χ0n) is 23.9. The molecule has 2 aromatic carbocycles. The van der Waals surface area contributed by atoms with Gasteiger partial charge in [-0.1, -0.05) is 56.3 Å². The van der Waals surface area contributed by atoms with E-state index < -0.39 is 55.9 Å². The standard InChI is InChI=1S/C27H40N5O7P.Na/c1-17(2)13-23(27(36)37)31-24(15-19-7-5-4-6-8-19)32-40(38,39)16-29-25(34)18(3)30-26(35)22(28)14-20-9-11-21(33)12-10-20;/h4-12,17-18,22-24,31,33H,13-16,28H2,1-3H3,(H,29,34)(H,30,35)(H,36,37)(H2,32,38,39);/q;+1/p-1/t18-,22?,23?,24?;/m0./s1. The molecule has 0 radical (unpaired) electrons. The minimum atomic E-state index is -4.45. The van der Waals surface area contributed by atoms with Crippen LogP contribution in [0.15, 0.2) is 54.6 Å². The number of carboxylic acids is 1. The number of phenols is 1. The third kappa shape index (κ3) is 14.0. The van der Waals surface area contributed by atoms with Crippen LogP contribution in [-0.4, -0.2) is 58.6 Å². The van der Waals surface area contributed by atoms with Gasteiger partial charge in [0.15, 0.2) is 0 Å². The molecule has 0 aromatic heterocycles. The fraction of sp³-hybridized carbons (Fsp3) is 0.444. The van der Waals surface area contributed by atoms with Gasteiger partial charge < -0.3 is 36.0 Å². The average molecular weight is 600 g/mol. The van der Waals surface area contributed by atoms with Crippen LogP contribution < -0.4 is 61.2 Å². The van der Waals surface area contributed by atoms with Gasteiger partial charge in [-0.2, -0.15) is 0 Å². The SMILES string of the molecule is CC(C)CC(NC(Cc1ccccc1)NP(=O)([O-])CNC(=O)[C@H](C)NC(=O)C(N)Cc1ccc(O)cc1)C(=O)O.[Na+]. The van der Waals surface area contributed by atoms with Crippen LogP contribution >= 0.6 is 7.52 Å². The summed E-state index contributed by atoms with van der Waals surface area (Å²) >= 11 is 0. The molecule has 0 aliphatic heterocycles. The molecule has 0 bridgehead atoms. The zero-order valence-corrected chi connectivity index (χ0v) is 26.8. The molecule has 0 saturated carbocycles. The van der Waals surface area contributed by atoms with E-state index in [0.717, 1.165) is 5.56 Å². The molecule has 0 aliphatic carbocycles. The van der Waals surface area contributed by atoms with Crippen molar-refractivity contribution in [3.05, 3.63) is 65.7 Å². The summed E-state index contributed by atoms with van der Waals surface area (Å²) in [5.74, 6) is -2.31. The van der Waals surface area contributed by atoms with Gasteiger partial charge >= 0.3 is 35.5 Å². The van der Waals surface area contributed by atoms with E-state index in [1.807, 2.05) is 19.9 Å². The molecule has 0 heterocycles. The molecule has 2 amide bonds. The molecule has 0 aliphatic rings. The van der Waals surface area contributed by atoms with Gasteiger partial charge in [-0.25, -0.2) is 0 Å². The Kier molecular flexibility index (Phi) is 15.8. The summed E-state index contributed by atoms with van der Waals surface area (Å²) in [6.45, 7) is 5.13. The number of phenolic OH excluding ortho intramolecular Hbond substituents is 1. The Hall–Kier alpha value is -2.28. The van der Waals surface area contributed by atoms with Gasteiger partial charge in [0.05, 0.1) is 26.0 Å². The summed E-state index contributed by atoms with van der Waals surface area (Å²) in [7, 11) is -4.45. The first-order valence-corrected chi connectivity index (χ1v) is 14.8. The van der Waals surface area contributed by atoms with Crippen molar-refractivity contribution in [3.8, 4) is 5.75 Å². The third-order valence-corrected chi connectivity index (χ3v) is 7.26. The van der Waals surface area contributed by atoms with Crippen LogP contribution in [0.1, 0.15) is 38.3 Å². The molecule has 41 heavy (non-hydrogen) atoms. The number of carbonyl (C=O) groups excluding carboxylic acids is 2. The number of aromatic hydroxyl groups is 1. The smallest absolute Gasteiger partial charge is 0.787 e. The van der Waals surface area contributed by atoms with Crippen molar-refractivity contribution in [3.63, 3.8) is 0 Å². The van der Waals surface area contributed by atoms with E-state index in [1.54, 1.807) is 36.4 Å². The molecular weight excluding hydrogens is 560 g/mol. The summed E-state index contributed by atoms with van der Waals surface area (Å²) in [6.07, 6.45) is -1.08.